The van der Waals surface area contributed by atoms with Crippen LogP contribution in [0.4, 0.5) is 5.82 Å². The lowest BCUT2D eigenvalue weighted by atomic mass is 10.1. The van der Waals surface area contributed by atoms with Gasteiger partial charge in [-0.3, -0.25) is 4.98 Å². The van der Waals surface area contributed by atoms with Crippen LogP contribution < -0.4 is 15.0 Å². The molecule has 2 aromatic heterocycles. The van der Waals surface area contributed by atoms with Gasteiger partial charge in [0.25, 0.3) is 0 Å². The smallest absolute Gasteiger partial charge is 0.151 e. The number of aromatic nitrogens is 3. The van der Waals surface area contributed by atoms with E-state index < -0.39 is 0 Å². The molecule has 144 valence electrons. The van der Waals surface area contributed by atoms with Crippen LogP contribution in [0, 0.1) is 0 Å². The number of anilines is 1. The largest absolute Gasteiger partial charge is 0.496 e. The van der Waals surface area contributed by atoms with Gasteiger partial charge in [0, 0.05) is 43.6 Å². The second-order valence-electron chi connectivity index (χ2n) is 7.00. The van der Waals surface area contributed by atoms with Crippen LogP contribution in [0.25, 0.3) is 11.3 Å². The molecule has 1 aliphatic rings. The third kappa shape index (κ3) is 4.28. The van der Waals surface area contributed by atoms with Gasteiger partial charge in [-0.05, 0) is 54.8 Å². The number of hydrogen-bond donors (Lipinski definition) is 1. The summed E-state index contributed by atoms with van der Waals surface area (Å²) >= 11 is 0. The molecular weight excluding hydrogens is 350 g/mol. The fourth-order valence-electron chi connectivity index (χ4n) is 3.61. The topological polar surface area (TPSA) is 63.2 Å². The highest BCUT2D eigenvalue weighted by molar-refractivity contribution is 5.67. The lowest BCUT2D eigenvalue weighted by Crippen LogP contribution is -2.45. The number of hydrogen-bond acceptors (Lipinski definition) is 6. The van der Waals surface area contributed by atoms with E-state index in [0.717, 1.165) is 48.9 Å². The molecule has 1 N–H and O–H groups in total. The molecule has 0 radical (unpaired) electrons. The highest BCUT2D eigenvalue weighted by Crippen LogP contribution is 2.28. The minimum absolute atomic E-state index is 0.442. The van der Waals surface area contributed by atoms with Gasteiger partial charge in [-0.15, -0.1) is 10.2 Å². The van der Waals surface area contributed by atoms with Crippen molar-refractivity contribution in [2.75, 3.05) is 25.1 Å². The maximum atomic E-state index is 5.43. The maximum absolute atomic E-state index is 5.43. The average Bonchev–Trinajstić information content (AvgIpc) is 2.79. The van der Waals surface area contributed by atoms with Gasteiger partial charge in [0.15, 0.2) is 5.82 Å². The van der Waals surface area contributed by atoms with Crippen LogP contribution in [0.15, 0.2) is 60.9 Å². The maximum Gasteiger partial charge on any atom is 0.151 e. The van der Waals surface area contributed by atoms with Gasteiger partial charge < -0.3 is 15.0 Å². The summed E-state index contributed by atoms with van der Waals surface area (Å²) in [7, 11) is 1.67. The summed E-state index contributed by atoms with van der Waals surface area (Å²) in [5.74, 6) is 1.73. The quantitative estimate of drug-likeness (QED) is 0.713. The number of methoxy groups -OCH3 is 1. The number of nitrogens with one attached hydrogen (secondary N) is 1. The van der Waals surface area contributed by atoms with Crippen molar-refractivity contribution < 1.29 is 4.74 Å². The zero-order valence-electron chi connectivity index (χ0n) is 16.1. The van der Waals surface area contributed by atoms with Crippen molar-refractivity contribution in [1.82, 2.24) is 20.5 Å². The molecule has 1 unspecified atom stereocenters. The van der Waals surface area contributed by atoms with Crippen molar-refractivity contribution in [2.24, 2.45) is 0 Å². The van der Waals surface area contributed by atoms with E-state index in [1.807, 2.05) is 42.7 Å². The molecule has 1 atom stereocenters. The zero-order chi connectivity index (χ0) is 19.2. The predicted octanol–water partition coefficient (Wildman–Crippen LogP) is 3.31. The molecule has 1 aliphatic heterocycles. The summed E-state index contributed by atoms with van der Waals surface area (Å²) in [6.07, 6.45) is 5.99. The van der Waals surface area contributed by atoms with E-state index in [-0.39, 0.29) is 0 Å². The molecule has 0 saturated carbocycles. The number of nitrogens with zero attached hydrogens (tertiary/aromatic N) is 4. The number of ether oxygens (including phenoxy) is 1. The standard InChI is InChI=1S/C22H25N5O/c1-28-21-7-3-2-6-19(21)20-8-9-22(26-25-20)27-14-4-5-18(16-27)24-15-17-10-12-23-13-11-17/h2-3,6-13,18,24H,4-5,14-16H2,1H3. The first-order chi connectivity index (χ1) is 13.8. The van der Waals surface area contributed by atoms with E-state index in [1.54, 1.807) is 7.11 Å². The second kappa shape index (κ2) is 8.80. The van der Waals surface area contributed by atoms with E-state index in [4.69, 9.17) is 4.74 Å². The van der Waals surface area contributed by atoms with Crippen molar-refractivity contribution in [3.8, 4) is 17.0 Å². The molecular formula is C22H25N5O. The Kier molecular flexibility index (Phi) is 5.77. The first kappa shape index (κ1) is 18.4. The van der Waals surface area contributed by atoms with Crippen molar-refractivity contribution in [3.63, 3.8) is 0 Å². The summed E-state index contributed by atoms with van der Waals surface area (Å²) in [4.78, 5) is 6.38. The molecule has 0 aliphatic carbocycles. The summed E-state index contributed by atoms with van der Waals surface area (Å²) in [6.45, 7) is 2.81. The van der Waals surface area contributed by atoms with Crippen molar-refractivity contribution in [2.45, 2.75) is 25.4 Å². The van der Waals surface area contributed by atoms with Gasteiger partial charge in [-0.1, -0.05) is 12.1 Å². The van der Waals surface area contributed by atoms with Crippen LogP contribution in [0.3, 0.4) is 0 Å². The number of benzene rings is 1. The van der Waals surface area contributed by atoms with Crippen LogP contribution in [0.1, 0.15) is 18.4 Å². The Labute approximate surface area is 165 Å². The van der Waals surface area contributed by atoms with Crippen molar-refractivity contribution in [1.29, 1.82) is 0 Å². The normalized spacial score (nSPS) is 16.8. The third-order valence-corrected chi connectivity index (χ3v) is 5.12. The molecule has 3 aromatic rings. The highest BCUT2D eigenvalue weighted by atomic mass is 16.5. The Morgan fingerprint density at radius 3 is 2.71 bits per heavy atom. The van der Waals surface area contributed by atoms with E-state index in [9.17, 15) is 0 Å². The molecule has 28 heavy (non-hydrogen) atoms. The van der Waals surface area contributed by atoms with E-state index in [2.05, 4.69) is 43.6 Å². The molecule has 1 saturated heterocycles. The summed E-state index contributed by atoms with van der Waals surface area (Å²) in [5.41, 5.74) is 3.04. The number of piperidine rings is 1. The molecule has 6 nitrogen and oxygen atoms in total. The fraction of sp³-hybridized carbons (Fsp3) is 0.318. The third-order valence-electron chi connectivity index (χ3n) is 5.12. The summed E-state index contributed by atoms with van der Waals surface area (Å²) < 4.78 is 5.43. The van der Waals surface area contributed by atoms with Gasteiger partial charge in [-0.25, -0.2) is 0 Å². The number of rotatable bonds is 6. The average molecular weight is 375 g/mol. The SMILES string of the molecule is COc1ccccc1-c1ccc(N2CCCC(NCc3ccncc3)C2)nn1. The van der Waals surface area contributed by atoms with E-state index in [1.165, 1.54) is 12.0 Å². The van der Waals surface area contributed by atoms with Crippen molar-refractivity contribution in [3.05, 3.63) is 66.5 Å². The van der Waals surface area contributed by atoms with Gasteiger partial charge >= 0.3 is 0 Å². The molecule has 6 heteroatoms. The minimum atomic E-state index is 0.442. The Hall–Kier alpha value is -2.99. The van der Waals surface area contributed by atoms with Crippen LogP contribution in [-0.4, -0.2) is 41.4 Å². The lowest BCUT2D eigenvalue weighted by molar-refractivity contribution is 0.416. The van der Waals surface area contributed by atoms with E-state index >= 15 is 0 Å². The summed E-state index contributed by atoms with van der Waals surface area (Å²) in [6, 6.07) is 16.5. The minimum Gasteiger partial charge on any atom is -0.496 e. The van der Waals surface area contributed by atoms with Gasteiger partial charge in [-0.2, -0.15) is 0 Å². The monoisotopic (exact) mass is 375 g/mol. The Bertz CT molecular complexity index is 885. The molecule has 0 spiro atoms. The number of pyridine rings is 1. The zero-order valence-corrected chi connectivity index (χ0v) is 16.1. The summed E-state index contributed by atoms with van der Waals surface area (Å²) in [5, 5.41) is 12.6. The lowest BCUT2D eigenvalue weighted by Gasteiger charge is -2.33. The van der Waals surface area contributed by atoms with Gasteiger partial charge in [0.1, 0.15) is 5.75 Å². The molecule has 1 fully saturated rings. The highest BCUT2D eigenvalue weighted by Gasteiger charge is 2.21. The first-order valence-corrected chi connectivity index (χ1v) is 9.68. The predicted molar refractivity (Wildman–Crippen MR) is 110 cm³/mol. The van der Waals surface area contributed by atoms with Gasteiger partial charge in [0.05, 0.1) is 12.8 Å². The van der Waals surface area contributed by atoms with Crippen LogP contribution in [0.2, 0.25) is 0 Å². The second-order valence-corrected chi connectivity index (χ2v) is 7.00. The molecule has 3 heterocycles. The number of para-hydroxylation sites is 1. The Morgan fingerprint density at radius 2 is 1.93 bits per heavy atom. The molecule has 1 aromatic carbocycles. The van der Waals surface area contributed by atoms with Gasteiger partial charge in [0.2, 0.25) is 0 Å². The molecule has 0 amide bonds. The Balaban J connectivity index is 1.41. The first-order valence-electron chi connectivity index (χ1n) is 9.68. The Morgan fingerprint density at radius 1 is 1.07 bits per heavy atom. The van der Waals surface area contributed by atoms with Crippen LogP contribution in [0.5, 0.6) is 5.75 Å². The van der Waals surface area contributed by atoms with E-state index in [0.29, 0.717) is 6.04 Å². The van der Waals surface area contributed by atoms with Crippen molar-refractivity contribution >= 4 is 5.82 Å². The molecule has 0 bridgehead atoms. The van der Waals surface area contributed by atoms with Crippen LogP contribution >= 0.6 is 0 Å². The van der Waals surface area contributed by atoms with Crippen LogP contribution in [-0.2, 0) is 6.54 Å². The molecule has 4 rings (SSSR count). The fourth-order valence-corrected chi connectivity index (χ4v) is 3.61.